The molecule has 1 aromatic heterocycles. The van der Waals surface area contributed by atoms with Gasteiger partial charge in [0.25, 0.3) is 11.8 Å². The standard InChI is InChI=1S/C19H15N3O3/c23-18(22-25)10-5-13-3-6-14(7-4-13)19(24)21-16-8-9-17-15(12-16)2-1-11-20-17/h1-12,25H,(H,21,24)(H,22,23)/b10-5+. The summed E-state index contributed by atoms with van der Waals surface area (Å²) in [6.07, 6.45) is 4.45. The van der Waals surface area contributed by atoms with Gasteiger partial charge in [-0.1, -0.05) is 18.2 Å². The Morgan fingerprint density at radius 3 is 2.60 bits per heavy atom. The number of rotatable bonds is 4. The minimum absolute atomic E-state index is 0.230. The van der Waals surface area contributed by atoms with E-state index < -0.39 is 5.91 Å². The van der Waals surface area contributed by atoms with Gasteiger partial charge in [0.2, 0.25) is 0 Å². The lowest BCUT2D eigenvalue weighted by Gasteiger charge is -2.07. The van der Waals surface area contributed by atoms with Crippen molar-refractivity contribution < 1.29 is 14.8 Å². The van der Waals surface area contributed by atoms with Crippen molar-refractivity contribution in [3.63, 3.8) is 0 Å². The summed E-state index contributed by atoms with van der Waals surface area (Å²) in [4.78, 5) is 27.5. The monoisotopic (exact) mass is 333 g/mol. The maximum Gasteiger partial charge on any atom is 0.267 e. The van der Waals surface area contributed by atoms with E-state index in [2.05, 4.69) is 10.3 Å². The second-order valence-corrected chi connectivity index (χ2v) is 5.30. The van der Waals surface area contributed by atoms with Crippen molar-refractivity contribution >= 4 is 34.5 Å². The fourth-order valence-electron chi connectivity index (χ4n) is 2.31. The Hall–Kier alpha value is -3.51. The zero-order valence-corrected chi connectivity index (χ0v) is 13.1. The fraction of sp³-hybridized carbons (Fsp3) is 0. The van der Waals surface area contributed by atoms with E-state index in [1.165, 1.54) is 17.6 Å². The molecule has 3 aromatic rings. The van der Waals surface area contributed by atoms with Crippen molar-refractivity contribution in [3.8, 4) is 0 Å². The van der Waals surface area contributed by atoms with Crippen LogP contribution in [-0.2, 0) is 4.79 Å². The summed E-state index contributed by atoms with van der Waals surface area (Å²) in [5.74, 6) is -0.848. The number of hydroxylamine groups is 1. The third kappa shape index (κ3) is 4.07. The van der Waals surface area contributed by atoms with E-state index in [0.29, 0.717) is 11.3 Å². The van der Waals surface area contributed by atoms with E-state index in [1.54, 1.807) is 36.5 Å². The molecule has 6 heteroatoms. The van der Waals surface area contributed by atoms with Crippen LogP contribution in [0.4, 0.5) is 5.69 Å². The molecule has 6 nitrogen and oxygen atoms in total. The van der Waals surface area contributed by atoms with Crippen molar-refractivity contribution in [3.05, 3.63) is 78.0 Å². The van der Waals surface area contributed by atoms with Gasteiger partial charge in [0, 0.05) is 28.9 Å². The van der Waals surface area contributed by atoms with Crippen LogP contribution in [0.15, 0.2) is 66.9 Å². The average molecular weight is 333 g/mol. The Balaban J connectivity index is 1.71. The molecule has 3 rings (SSSR count). The van der Waals surface area contributed by atoms with E-state index in [4.69, 9.17) is 5.21 Å². The van der Waals surface area contributed by atoms with Crippen LogP contribution in [0.1, 0.15) is 15.9 Å². The predicted octanol–water partition coefficient (Wildman–Crippen LogP) is 3.01. The lowest BCUT2D eigenvalue weighted by Crippen LogP contribution is -2.14. The molecule has 0 fully saturated rings. The lowest BCUT2D eigenvalue weighted by molar-refractivity contribution is -0.124. The molecule has 3 N–H and O–H groups in total. The highest BCUT2D eigenvalue weighted by Crippen LogP contribution is 2.18. The highest BCUT2D eigenvalue weighted by Gasteiger charge is 2.06. The van der Waals surface area contributed by atoms with Crippen LogP contribution in [0.25, 0.3) is 17.0 Å². The summed E-state index contributed by atoms with van der Waals surface area (Å²) in [7, 11) is 0. The van der Waals surface area contributed by atoms with Gasteiger partial charge in [0.1, 0.15) is 0 Å². The van der Waals surface area contributed by atoms with Crippen LogP contribution in [0.2, 0.25) is 0 Å². The van der Waals surface area contributed by atoms with Crippen LogP contribution in [0.3, 0.4) is 0 Å². The molecule has 0 aliphatic heterocycles. The predicted molar refractivity (Wildman–Crippen MR) is 95.1 cm³/mol. The number of pyridine rings is 1. The third-order valence-electron chi connectivity index (χ3n) is 3.57. The highest BCUT2D eigenvalue weighted by atomic mass is 16.5. The smallest absolute Gasteiger partial charge is 0.267 e. The van der Waals surface area contributed by atoms with Crippen molar-refractivity contribution in [2.24, 2.45) is 0 Å². The first-order valence-electron chi connectivity index (χ1n) is 7.54. The molecule has 1 heterocycles. The number of carbonyl (C=O) groups excluding carboxylic acids is 2. The van der Waals surface area contributed by atoms with Crippen molar-refractivity contribution in [1.82, 2.24) is 10.5 Å². The van der Waals surface area contributed by atoms with Crippen LogP contribution in [0.5, 0.6) is 0 Å². The van der Waals surface area contributed by atoms with Crippen molar-refractivity contribution in [2.45, 2.75) is 0 Å². The Kier molecular flexibility index (Phi) is 4.82. The van der Waals surface area contributed by atoms with Gasteiger partial charge in [-0.25, -0.2) is 5.48 Å². The number of aromatic nitrogens is 1. The molecule has 0 radical (unpaired) electrons. The van der Waals surface area contributed by atoms with Gasteiger partial charge in [0.15, 0.2) is 0 Å². The van der Waals surface area contributed by atoms with E-state index in [9.17, 15) is 9.59 Å². The SMILES string of the molecule is O=C(/C=C/c1ccc(C(=O)Nc2ccc3ncccc3c2)cc1)NO. The summed E-state index contributed by atoms with van der Waals surface area (Å²) in [5, 5.41) is 12.2. The Morgan fingerprint density at radius 2 is 1.84 bits per heavy atom. The maximum absolute atomic E-state index is 12.3. The summed E-state index contributed by atoms with van der Waals surface area (Å²) in [5.41, 5.74) is 4.29. The number of benzene rings is 2. The molecule has 0 spiro atoms. The largest absolute Gasteiger partial charge is 0.322 e. The Labute approximate surface area is 143 Å². The summed E-state index contributed by atoms with van der Waals surface area (Å²) < 4.78 is 0. The molecule has 0 aliphatic carbocycles. The number of anilines is 1. The molecular weight excluding hydrogens is 318 g/mol. The van der Waals surface area contributed by atoms with Gasteiger partial charge in [-0.05, 0) is 48.0 Å². The second kappa shape index (κ2) is 7.37. The van der Waals surface area contributed by atoms with Crippen LogP contribution >= 0.6 is 0 Å². The zero-order chi connectivity index (χ0) is 17.6. The van der Waals surface area contributed by atoms with Gasteiger partial charge in [-0.15, -0.1) is 0 Å². The average Bonchev–Trinajstić information content (AvgIpc) is 2.66. The van der Waals surface area contributed by atoms with E-state index in [-0.39, 0.29) is 5.91 Å². The first kappa shape index (κ1) is 16.4. The maximum atomic E-state index is 12.3. The summed E-state index contributed by atoms with van der Waals surface area (Å²) in [6.45, 7) is 0. The van der Waals surface area contributed by atoms with Gasteiger partial charge in [0.05, 0.1) is 5.52 Å². The number of fused-ring (bicyclic) bond motifs is 1. The lowest BCUT2D eigenvalue weighted by atomic mass is 10.1. The second-order valence-electron chi connectivity index (χ2n) is 5.30. The quantitative estimate of drug-likeness (QED) is 0.389. The van der Waals surface area contributed by atoms with Crippen LogP contribution < -0.4 is 10.8 Å². The normalized spacial score (nSPS) is 10.8. The molecule has 0 bridgehead atoms. The van der Waals surface area contributed by atoms with Crippen LogP contribution in [-0.4, -0.2) is 22.0 Å². The van der Waals surface area contributed by atoms with Gasteiger partial charge in [-0.3, -0.25) is 19.8 Å². The summed E-state index contributed by atoms with van der Waals surface area (Å²) in [6, 6.07) is 16.0. The molecular formula is C19H15N3O3. The summed E-state index contributed by atoms with van der Waals surface area (Å²) >= 11 is 0. The number of nitrogens with one attached hydrogen (secondary N) is 2. The Morgan fingerprint density at radius 1 is 1.04 bits per heavy atom. The number of nitrogens with zero attached hydrogens (tertiary/aromatic N) is 1. The molecule has 0 aliphatic rings. The van der Waals surface area contributed by atoms with Crippen molar-refractivity contribution in [1.29, 1.82) is 0 Å². The van der Waals surface area contributed by atoms with Crippen molar-refractivity contribution in [2.75, 3.05) is 5.32 Å². The van der Waals surface area contributed by atoms with Crippen LogP contribution in [0, 0.1) is 0 Å². The van der Waals surface area contributed by atoms with E-state index >= 15 is 0 Å². The molecule has 0 unspecified atom stereocenters. The van der Waals surface area contributed by atoms with E-state index in [0.717, 1.165) is 16.5 Å². The Bertz CT molecular complexity index is 950. The first-order valence-corrected chi connectivity index (χ1v) is 7.54. The first-order chi connectivity index (χ1) is 12.2. The molecule has 0 saturated carbocycles. The van der Waals surface area contributed by atoms with Gasteiger partial charge < -0.3 is 5.32 Å². The minimum Gasteiger partial charge on any atom is -0.322 e. The zero-order valence-electron chi connectivity index (χ0n) is 13.1. The molecule has 2 amide bonds. The number of hydrogen-bond donors (Lipinski definition) is 3. The molecule has 124 valence electrons. The minimum atomic E-state index is -0.618. The number of hydrogen-bond acceptors (Lipinski definition) is 4. The molecule has 25 heavy (non-hydrogen) atoms. The fourth-order valence-corrected chi connectivity index (χ4v) is 2.31. The molecule has 0 saturated heterocycles. The topological polar surface area (TPSA) is 91.3 Å². The number of carbonyl (C=O) groups is 2. The highest BCUT2D eigenvalue weighted by molar-refractivity contribution is 6.05. The number of amides is 2. The molecule has 2 aromatic carbocycles. The van der Waals surface area contributed by atoms with Gasteiger partial charge in [-0.2, -0.15) is 0 Å². The van der Waals surface area contributed by atoms with Gasteiger partial charge >= 0.3 is 0 Å². The third-order valence-corrected chi connectivity index (χ3v) is 3.57. The van der Waals surface area contributed by atoms with E-state index in [1.807, 2.05) is 24.3 Å². The molecule has 0 atom stereocenters.